The zero-order valence-corrected chi connectivity index (χ0v) is 12.5. The van der Waals surface area contributed by atoms with E-state index in [-0.39, 0.29) is 12.1 Å². The molecule has 1 aliphatic rings. The van der Waals surface area contributed by atoms with Crippen molar-refractivity contribution in [3.63, 3.8) is 0 Å². The Morgan fingerprint density at radius 2 is 2.05 bits per heavy atom. The molecule has 0 aromatic heterocycles. The van der Waals surface area contributed by atoms with Gasteiger partial charge in [0.1, 0.15) is 5.54 Å². The van der Waals surface area contributed by atoms with Crippen molar-refractivity contribution in [3.8, 4) is 0 Å². The Hall–Kier alpha value is -1.26. The molecule has 5 nitrogen and oxygen atoms in total. The molecule has 1 aliphatic heterocycles. The largest absolute Gasteiger partial charge is 0.479 e. The van der Waals surface area contributed by atoms with Crippen molar-refractivity contribution in [1.29, 1.82) is 0 Å². The molecule has 1 saturated heterocycles. The van der Waals surface area contributed by atoms with Gasteiger partial charge in [-0.1, -0.05) is 20.3 Å². The highest BCUT2D eigenvalue weighted by Gasteiger charge is 2.50. The molecule has 5 heteroatoms. The maximum absolute atomic E-state index is 12.5. The first-order valence-electron chi connectivity index (χ1n) is 7.18. The first-order valence-corrected chi connectivity index (χ1v) is 7.18. The Balaban J connectivity index is 2.96. The summed E-state index contributed by atoms with van der Waals surface area (Å²) in [7, 11) is 1.76. The molecule has 1 rings (SSSR count). The zero-order chi connectivity index (χ0) is 14.6. The molecule has 2 amide bonds. The molecule has 0 aromatic rings. The number of hydrogen-bond donors (Lipinski definition) is 1. The molecule has 0 radical (unpaired) electrons. The Morgan fingerprint density at radius 3 is 2.53 bits per heavy atom. The van der Waals surface area contributed by atoms with Gasteiger partial charge >= 0.3 is 12.0 Å². The van der Waals surface area contributed by atoms with Crippen LogP contribution in [-0.2, 0) is 4.79 Å². The normalized spacial score (nSPS) is 24.3. The second-order valence-corrected chi connectivity index (χ2v) is 5.49. The van der Waals surface area contributed by atoms with Crippen LogP contribution >= 0.6 is 0 Å². The van der Waals surface area contributed by atoms with Gasteiger partial charge in [0, 0.05) is 19.6 Å². The van der Waals surface area contributed by atoms with E-state index < -0.39 is 11.5 Å². The molecular formula is C14H26N2O3. The number of nitrogens with zero attached hydrogens (tertiary/aromatic N) is 2. The van der Waals surface area contributed by atoms with Crippen LogP contribution in [0.2, 0.25) is 0 Å². The average molecular weight is 270 g/mol. The summed E-state index contributed by atoms with van der Waals surface area (Å²) in [6.07, 6.45) is 3.50. The minimum atomic E-state index is -0.993. The SMILES string of the molecule is CCCC1(C(=O)O)CCCN1C(=O)N(C)C(C)CC. The topological polar surface area (TPSA) is 60.9 Å². The predicted octanol–water partition coefficient (Wildman–Crippen LogP) is 2.56. The molecule has 0 aliphatic carbocycles. The van der Waals surface area contributed by atoms with Gasteiger partial charge in [-0.3, -0.25) is 0 Å². The number of carboxylic acid groups (broad SMARTS) is 1. The Labute approximate surface area is 115 Å². The lowest BCUT2D eigenvalue weighted by Crippen LogP contribution is -2.57. The van der Waals surface area contributed by atoms with Crippen LogP contribution in [0.3, 0.4) is 0 Å². The summed E-state index contributed by atoms with van der Waals surface area (Å²) in [5.74, 6) is -0.863. The van der Waals surface area contributed by atoms with Gasteiger partial charge in [-0.25, -0.2) is 9.59 Å². The molecule has 0 aromatic carbocycles. The van der Waals surface area contributed by atoms with Gasteiger partial charge in [-0.05, 0) is 32.6 Å². The molecule has 110 valence electrons. The summed E-state index contributed by atoms with van der Waals surface area (Å²) in [5, 5.41) is 9.58. The first-order chi connectivity index (χ1) is 8.90. The van der Waals surface area contributed by atoms with E-state index in [1.165, 1.54) is 0 Å². The molecule has 19 heavy (non-hydrogen) atoms. The molecule has 2 atom stereocenters. The number of hydrogen-bond acceptors (Lipinski definition) is 2. The number of amides is 2. The minimum Gasteiger partial charge on any atom is -0.479 e. The van der Waals surface area contributed by atoms with E-state index in [9.17, 15) is 14.7 Å². The average Bonchev–Trinajstić information content (AvgIpc) is 2.81. The highest BCUT2D eigenvalue weighted by molar-refractivity contribution is 5.87. The Morgan fingerprint density at radius 1 is 1.42 bits per heavy atom. The van der Waals surface area contributed by atoms with E-state index in [0.29, 0.717) is 19.4 Å². The predicted molar refractivity (Wildman–Crippen MR) is 74.1 cm³/mol. The van der Waals surface area contributed by atoms with Crippen molar-refractivity contribution in [2.75, 3.05) is 13.6 Å². The second-order valence-electron chi connectivity index (χ2n) is 5.49. The van der Waals surface area contributed by atoms with Crippen molar-refractivity contribution < 1.29 is 14.7 Å². The fourth-order valence-electron chi connectivity index (χ4n) is 2.81. The van der Waals surface area contributed by atoms with E-state index in [4.69, 9.17) is 0 Å². The van der Waals surface area contributed by atoms with Crippen LogP contribution in [0.4, 0.5) is 4.79 Å². The monoisotopic (exact) mass is 270 g/mol. The number of urea groups is 1. The van der Waals surface area contributed by atoms with Crippen LogP contribution in [0, 0.1) is 0 Å². The summed E-state index contributed by atoms with van der Waals surface area (Å²) in [5.41, 5.74) is -0.993. The molecule has 0 bridgehead atoms. The van der Waals surface area contributed by atoms with Crippen LogP contribution in [0.25, 0.3) is 0 Å². The van der Waals surface area contributed by atoms with E-state index >= 15 is 0 Å². The molecular weight excluding hydrogens is 244 g/mol. The summed E-state index contributed by atoms with van der Waals surface area (Å²) >= 11 is 0. The third kappa shape index (κ3) is 2.85. The molecule has 0 spiro atoms. The molecule has 2 unspecified atom stereocenters. The van der Waals surface area contributed by atoms with Gasteiger partial charge in [0.2, 0.25) is 0 Å². The van der Waals surface area contributed by atoms with E-state index in [1.807, 2.05) is 20.8 Å². The number of carboxylic acids is 1. The lowest BCUT2D eigenvalue weighted by Gasteiger charge is -2.38. The van der Waals surface area contributed by atoms with Gasteiger partial charge in [0.25, 0.3) is 0 Å². The Kier molecular flexibility index (Phi) is 5.20. The van der Waals surface area contributed by atoms with E-state index in [2.05, 4.69) is 0 Å². The van der Waals surface area contributed by atoms with Crippen LogP contribution in [0.15, 0.2) is 0 Å². The Bertz CT molecular complexity index is 346. The summed E-state index contributed by atoms with van der Waals surface area (Å²) < 4.78 is 0. The fraction of sp³-hybridized carbons (Fsp3) is 0.857. The number of rotatable bonds is 5. The standard InChI is InChI=1S/C14H26N2O3/c1-5-8-14(12(17)18)9-7-10-16(14)13(19)15(4)11(3)6-2/h11H,5-10H2,1-4H3,(H,17,18). The zero-order valence-electron chi connectivity index (χ0n) is 12.5. The van der Waals surface area contributed by atoms with Crippen molar-refractivity contribution in [1.82, 2.24) is 9.80 Å². The van der Waals surface area contributed by atoms with Crippen molar-refractivity contribution >= 4 is 12.0 Å². The van der Waals surface area contributed by atoms with Gasteiger partial charge in [-0.2, -0.15) is 0 Å². The van der Waals surface area contributed by atoms with Gasteiger partial charge in [0.05, 0.1) is 0 Å². The minimum absolute atomic E-state index is 0.126. The third-order valence-corrected chi connectivity index (χ3v) is 4.34. The van der Waals surface area contributed by atoms with E-state index in [0.717, 1.165) is 19.3 Å². The quantitative estimate of drug-likeness (QED) is 0.835. The molecule has 1 N–H and O–H groups in total. The van der Waals surface area contributed by atoms with E-state index in [1.54, 1.807) is 16.8 Å². The van der Waals surface area contributed by atoms with Crippen molar-refractivity contribution in [3.05, 3.63) is 0 Å². The van der Waals surface area contributed by atoms with Crippen molar-refractivity contribution in [2.45, 2.75) is 64.5 Å². The maximum Gasteiger partial charge on any atom is 0.329 e. The maximum atomic E-state index is 12.5. The number of carbonyl (C=O) groups is 2. The number of aliphatic carboxylic acids is 1. The lowest BCUT2D eigenvalue weighted by atomic mass is 9.91. The first kappa shape index (κ1) is 15.8. The van der Waals surface area contributed by atoms with Gasteiger partial charge < -0.3 is 14.9 Å². The summed E-state index contributed by atoms with van der Waals surface area (Å²) in [6.45, 7) is 6.51. The molecule has 0 saturated carbocycles. The lowest BCUT2D eigenvalue weighted by molar-refractivity contribution is -0.148. The third-order valence-electron chi connectivity index (χ3n) is 4.34. The van der Waals surface area contributed by atoms with Gasteiger partial charge in [-0.15, -0.1) is 0 Å². The van der Waals surface area contributed by atoms with Crippen LogP contribution in [0.1, 0.15) is 52.9 Å². The second kappa shape index (κ2) is 6.26. The van der Waals surface area contributed by atoms with Crippen LogP contribution < -0.4 is 0 Å². The van der Waals surface area contributed by atoms with Crippen LogP contribution in [0.5, 0.6) is 0 Å². The molecule has 1 fully saturated rings. The van der Waals surface area contributed by atoms with Crippen LogP contribution in [-0.4, -0.2) is 52.1 Å². The van der Waals surface area contributed by atoms with Gasteiger partial charge in [0.15, 0.2) is 0 Å². The summed E-state index contributed by atoms with van der Waals surface area (Å²) in [4.78, 5) is 27.4. The number of carbonyl (C=O) groups excluding carboxylic acids is 1. The highest BCUT2D eigenvalue weighted by atomic mass is 16.4. The fourth-order valence-corrected chi connectivity index (χ4v) is 2.81. The molecule has 1 heterocycles. The summed E-state index contributed by atoms with van der Waals surface area (Å²) in [6, 6.07) is -0.0241. The highest BCUT2D eigenvalue weighted by Crippen LogP contribution is 2.35. The number of likely N-dealkylation sites (tertiary alicyclic amines) is 1. The smallest absolute Gasteiger partial charge is 0.329 e. The van der Waals surface area contributed by atoms with Crippen molar-refractivity contribution in [2.24, 2.45) is 0 Å².